The van der Waals surface area contributed by atoms with Crippen LogP contribution in [0, 0.1) is 5.92 Å². The highest BCUT2D eigenvalue weighted by Crippen LogP contribution is 2.37. The summed E-state index contributed by atoms with van der Waals surface area (Å²) in [5.41, 5.74) is 3.75. The molecule has 36 heavy (non-hydrogen) atoms. The number of aliphatic carboxylic acids is 1. The van der Waals surface area contributed by atoms with Crippen LogP contribution in [0.3, 0.4) is 0 Å². The van der Waals surface area contributed by atoms with Crippen LogP contribution in [0.1, 0.15) is 48.8 Å². The minimum absolute atomic E-state index is 0.00671. The maximum Gasteiger partial charge on any atom is 0.303 e. The number of carboxylic acid groups (broad SMARTS) is 1. The van der Waals surface area contributed by atoms with Gasteiger partial charge in [0.05, 0.1) is 18.8 Å². The Kier molecular flexibility index (Phi) is 10.5. The molecule has 2 aromatic carbocycles. The highest BCUT2D eigenvalue weighted by atomic mass is 32.2. The van der Waals surface area contributed by atoms with Gasteiger partial charge in [-0.15, -0.1) is 0 Å². The number of benzene rings is 2. The van der Waals surface area contributed by atoms with Crippen LogP contribution in [0.5, 0.6) is 0 Å². The van der Waals surface area contributed by atoms with E-state index in [9.17, 15) is 9.90 Å². The zero-order valence-electron chi connectivity index (χ0n) is 21.0. The number of aliphatic hydroxyl groups is 1. The van der Waals surface area contributed by atoms with Gasteiger partial charge in [0.1, 0.15) is 0 Å². The molecule has 6 heteroatoms. The molecule has 0 bridgehead atoms. The third kappa shape index (κ3) is 7.94. The van der Waals surface area contributed by atoms with E-state index >= 15 is 0 Å². The van der Waals surface area contributed by atoms with Gasteiger partial charge >= 0.3 is 5.97 Å². The standard InChI is InChI=1S/C30H39NO4S/c32-27-21-28(35-22-25-14-12-24(13-15-25)20-23-8-4-3-5-9-23)26(10-6-1-2-7-11-29(33)34)30(27)31-16-18-36-19-17-31/h1,3-6,8-9,12-15,26-28,30,32H,2,7,10-11,16-22H2,(H,33,34)/b6-1+. The van der Waals surface area contributed by atoms with Crippen molar-refractivity contribution in [1.82, 2.24) is 4.90 Å². The highest BCUT2D eigenvalue weighted by molar-refractivity contribution is 7.99. The Hall–Kier alpha value is -2.12. The van der Waals surface area contributed by atoms with Crippen molar-refractivity contribution in [3.63, 3.8) is 0 Å². The normalized spacial score (nSPS) is 24.9. The zero-order valence-corrected chi connectivity index (χ0v) is 21.8. The molecule has 1 aliphatic carbocycles. The molecule has 0 aromatic heterocycles. The number of hydrogen-bond acceptors (Lipinski definition) is 5. The third-order valence-electron chi connectivity index (χ3n) is 7.33. The van der Waals surface area contributed by atoms with E-state index in [0.29, 0.717) is 19.4 Å². The minimum Gasteiger partial charge on any atom is -0.481 e. The van der Waals surface area contributed by atoms with Gasteiger partial charge in [-0.25, -0.2) is 0 Å². The summed E-state index contributed by atoms with van der Waals surface area (Å²) in [7, 11) is 0. The molecule has 2 N–H and O–H groups in total. The number of carbonyl (C=O) groups is 1. The van der Waals surface area contributed by atoms with E-state index in [1.807, 2.05) is 17.8 Å². The molecular formula is C30H39NO4S. The fourth-order valence-corrected chi connectivity index (χ4v) is 6.39. The second-order valence-electron chi connectivity index (χ2n) is 9.93. The molecule has 4 atom stereocenters. The SMILES string of the molecule is O=C(O)CCC/C=C/CC1C(OCc2ccc(Cc3ccccc3)cc2)CC(O)C1N1CCSCC1. The summed E-state index contributed by atoms with van der Waals surface area (Å²) in [4.78, 5) is 13.2. The van der Waals surface area contributed by atoms with Gasteiger partial charge in [-0.3, -0.25) is 9.69 Å². The molecule has 1 aliphatic heterocycles. The Balaban J connectivity index is 1.35. The molecule has 2 aliphatic rings. The molecule has 0 radical (unpaired) electrons. The molecular weight excluding hydrogens is 470 g/mol. The Labute approximate surface area is 219 Å². The average Bonchev–Trinajstić information content (AvgIpc) is 3.21. The van der Waals surface area contributed by atoms with Gasteiger partial charge in [0, 0.05) is 49.4 Å². The van der Waals surface area contributed by atoms with E-state index in [1.54, 1.807) is 0 Å². The first-order valence-corrected chi connectivity index (χ1v) is 14.4. The van der Waals surface area contributed by atoms with Crippen molar-refractivity contribution in [2.75, 3.05) is 24.6 Å². The van der Waals surface area contributed by atoms with Crippen LogP contribution in [0.25, 0.3) is 0 Å². The Morgan fingerprint density at radius 1 is 1.00 bits per heavy atom. The third-order valence-corrected chi connectivity index (χ3v) is 8.27. The molecule has 1 saturated carbocycles. The molecule has 1 saturated heterocycles. The Morgan fingerprint density at radius 3 is 2.42 bits per heavy atom. The van der Waals surface area contributed by atoms with Crippen LogP contribution in [0.2, 0.25) is 0 Å². The van der Waals surface area contributed by atoms with Crippen LogP contribution in [-0.4, -0.2) is 63.9 Å². The van der Waals surface area contributed by atoms with E-state index in [0.717, 1.165) is 49.4 Å². The van der Waals surface area contributed by atoms with Crippen molar-refractivity contribution < 1.29 is 19.7 Å². The van der Waals surface area contributed by atoms with Gasteiger partial charge in [-0.1, -0.05) is 66.7 Å². The van der Waals surface area contributed by atoms with Gasteiger partial charge in [0.2, 0.25) is 0 Å². The number of rotatable bonds is 12. The van der Waals surface area contributed by atoms with Crippen LogP contribution in [0.4, 0.5) is 0 Å². The summed E-state index contributed by atoms with van der Waals surface area (Å²) >= 11 is 1.98. The summed E-state index contributed by atoms with van der Waals surface area (Å²) in [5, 5.41) is 19.9. The van der Waals surface area contributed by atoms with Crippen molar-refractivity contribution >= 4 is 17.7 Å². The first-order chi connectivity index (χ1) is 17.6. The highest BCUT2D eigenvalue weighted by Gasteiger charge is 2.45. The number of ether oxygens (including phenoxy) is 1. The van der Waals surface area contributed by atoms with Gasteiger partial charge in [0.25, 0.3) is 0 Å². The van der Waals surface area contributed by atoms with Crippen LogP contribution < -0.4 is 0 Å². The van der Waals surface area contributed by atoms with E-state index in [2.05, 4.69) is 65.6 Å². The fraction of sp³-hybridized carbons (Fsp3) is 0.500. The zero-order chi connectivity index (χ0) is 25.2. The first-order valence-electron chi connectivity index (χ1n) is 13.2. The molecule has 4 unspecified atom stereocenters. The predicted molar refractivity (Wildman–Crippen MR) is 146 cm³/mol. The number of nitrogens with zero attached hydrogens (tertiary/aromatic N) is 1. The number of unbranched alkanes of at least 4 members (excludes halogenated alkanes) is 1. The number of thioether (sulfide) groups is 1. The van der Waals surface area contributed by atoms with E-state index in [4.69, 9.17) is 9.84 Å². The molecule has 2 fully saturated rings. The van der Waals surface area contributed by atoms with Gasteiger partial charge in [-0.05, 0) is 42.4 Å². The molecule has 1 heterocycles. The van der Waals surface area contributed by atoms with Crippen molar-refractivity contribution in [3.05, 3.63) is 83.4 Å². The molecule has 0 spiro atoms. The van der Waals surface area contributed by atoms with Crippen molar-refractivity contribution in [3.8, 4) is 0 Å². The maximum absolute atomic E-state index is 11.0. The largest absolute Gasteiger partial charge is 0.481 e. The van der Waals surface area contributed by atoms with Gasteiger partial charge in [-0.2, -0.15) is 11.8 Å². The lowest BCUT2D eigenvalue weighted by Crippen LogP contribution is -2.48. The van der Waals surface area contributed by atoms with Gasteiger partial charge in [0.15, 0.2) is 0 Å². The quantitative estimate of drug-likeness (QED) is 0.304. The van der Waals surface area contributed by atoms with Crippen molar-refractivity contribution in [2.45, 2.75) is 63.4 Å². The number of aliphatic hydroxyl groups excluding tert-OH is 1. The summed E-state index contributed by atoms with van der Waals surface area (Å²) in [6.07, 6.45) is 7.97. The van der Waals surface area contributed by atoms with Gasteiger partial charge < -0.3 is 14.9 Å². The minimum atomic E-state index is -0.744. The second-order valence-corrected chi connectivity index (χ2v) is 11.2. The maximum atomic E-state index is 11.0. The fourth-order valence-electron chi connectivity index (χ4n) is 5.46. The summed E-state index contributed by atoms with van der Waals surface area (Å²) in [6.45, 7) is 2.58. The monoisotopic (exact) mass is 509 g/mol. The smallest absolute Gasteiger partial charge is 0.303 e. The van der Waals surface area contributed by atoms with E-state index < -0.39 is 5.97 Å². The first kappa shape index (κ1) is 26.9. The number of carboxylic acids is 1. The number of hydrogen-bond donors (Lipinski definition) is 2. The second kappa shape index (κ2) is 14.0. The van der Waals surface area contributed by atoms with Crippen LogP contribution >= 0.6 is 11.8 Å². The molecule has 194 valence electrons. The van der Waals surface area contributed by atoms with Crippen LogP contribution in [-0.2, 0) is 22.6 Å². The lowest BCUT2D eigenvalue weighted by molar-refractivity contribution is -0.137. The lowest BCUT2D eigenvalue weighted by atomic mass is 9.95. The predicted octanol–water partition coefficient (Wildman–Crippen LogP) is 5.16. The average molecular weight is 510 g/mol. The van der Waals surface area contributed by atoms with Crippen molar-refractivity contribution in [2.24, 2.45) is 5.92 Å². The Bertz CT molecular complexity index is 959. The van der Waals surface area contributed by atoms with Crippen molar-refractivity contribution in [1.29, 1.82) is 0 Å². The Morgan fingerprint density at radius 2 is 1.69 bits per heavy atom. The molecule has 2 aromatic rings. The summed E-state index contributed by atoms with van der Waals surface area (Å²) < 4.78 is 6.46. The van der Waals surface area contributed by atoms with E-state index in [-0.39, 0.29) is 30.6 Å². The summed E-state index contributed by atoms with van der Waals surface area (Å²) in [6, 6.07) is 19.3. The van der Waals surface area contributed by atoms with E-state index in [1.165, 1.54) is 11.1 Å². The molecule has 4 rings (SSSR count). The topological polar surface area (TPSA) is 70.0 Å². The number of allylic oxidation sites excluding steroid dienone is 2. The van der Waals surface area contributed by atoms with Crippen LogP contribution in [0.15, 0.2) is 66.7 Å². The molecule has 0 amide bonds. The summed E-state index contributed by atoms with van der Waals surface area (Å²) in [5.74, 6) is 1.71. The lowest BCUT2D eigenvalue weighted by Gasteiger charge is -2.37. The molecule has 5 nitrogen and oxygen atoms in total.